The first-order chi connectivity index (χ1) is 11.5. The maximum atomic E-state index is 12.1. The Morgan fingerprint density at radius 3 is 2.29 bits per heavy atom. The van der Waals surface area contributed by atoms with Crippen molar-refractivity contribution in [1.29, 1.82) is 0 Å². The molecule has 0 radical (unpaired) electrons. The Hall–Kier alpha value is -2.82. The summed E-state index contributed by atoms with van der Waals surface area (Å²) in [4.78, 5) is 24.7. The highest BCUT2D eigenvalue weighted by molar-refractivity contribution is 5.96. The number of amides is 2. The second-order valence-electron chi connectivity index (χ2n) is 5.75. The van der Waals surface area contributed by atoms with Crippen molar-refractivity contribution in [3.63, 3.8) is 0 Å². The van der Waals surface area contributed by atoms with Crippen LogP contribution < -0.4 is 10.6 Å². The van der Waals surface area contributed by atoms with E-state index in [0.717, 1.165) is 5.69 Å². The Balaban J connectivity index is 2.03. The van der Waals surface area contributed by atoms with Crippen molar-refractivity contribution in [2.24, 2.45) is 0 Å². The molecule has 0 aliphatic carbocycles. The molecule has 0 heterocycles. The Morgan fingerprint density at radius 2 is 1.62 bits per heavy atom. The van der Waals surface area contributed by atoms with Crippen molar-refractivity contribution in [2.45, 2.75) is 20.4 Å². The summed E-state index contributed by atoms with van der Waals surface area (Å²) in [5, 5.41) is 6.21. The second-order valence-corrected chi connectivity index (χ2v) is 5.75. The normalized spacial score (nSPS) is 10.1. The number of rotatable bonds is 6. The quantitative estimate of drug-likeness (QED) is 0.858. The van der Waals surface area contributed by atoms with E-state index in [0.29, 0.717) is 12.2 Å². The summed E-state index contributed by atoms with van der Waals surface area (Å²) in [5.41, 5.74) is 3.97. The van der Waals surface area contributed by atoms with Gasteiger partial charge in [-0.15, -0.1) is 0 Å². The zero-order valence-corrected chi connectivity index (χ0v) is 14.3. The molecule has 0 aliphatic rings. The van der Waals surface area contributed by atoms with Gasteiger partial charge in [-0.3, -0.25) is 9.59 Å². The molecule has 5 nitrogen and oxygen atoms in total. The summed E-state index contributed by atoms with van der Waals surface area (Å²) in [7, 11) is 1.60. The maximum Gasteiger partial charge on any atom is 0.244 e. The molecule has 126 valence electrons. The van der Waals surface area contributed by atoms with Crippen LogP contribution in [0.2, 0.25) is 0 Å². The van der Waals surface area contributed by atoms with Crippen molar-refractivity contribution in [3.05, 3.63) is 59.7 Å². The van der Waals surface area contributed by atoms with Gasteiger partial charge in [0.25, 0.3) is 0 Å². The number of hydrogen-bond acceptors (Lipinski definition) is 3. The van der Waals surface area contributed by atoms with E-state index < -0.39 is 0 Å². The molecule has 0 spiro atoms. The van der Waals surface area contributed by atoms with Crippen molar-refractivity contribution in [3.8, 4) is 0 Å². The summed E-state index contributed by atoms with van der Waals surface area (Å²) in [6.07, 6.45) is 0. The van der Waals surface area contributed by atoms with Gasteiger partial charge in [0, 0.05) is 20.5 Å². The van der Waals surface area contributed by atoms with Crippen molar-refractivity contribution in [1.82, 2.24) is 4.90 Å². The molecule has 2 aromatic carbocycles. The minimum atomic E-state index is -0.224. The number of para-hydroxylation sites is 2. The highest BCUT2D eigenvalue weighted by Gasteiger charge is 2.11. The molecule has 0 saturated heterocycles. The Bertz CT molecular complexity index is 728. The topological polar surface area (TPSA) is 61.4 Å². The van der Waals surface area contributed by atoms with Crippen LogP contribution >= 0.6 is 0 Å². The highest BCUT2D eigenvalue weighted by Crippen LogP contribution is 2.22. The minimum Gasteiger partial charge on any atom is -0.379 e. The largest absolute Gasteiger partial charge is 0.379 e. The van der Waals surface area contributed by atoms with Crippen LogP contribution in [0.3, 0.4) is 0 Å². The van der Waals surface area contributed by atoms with Crippen LogP contribution in [-0.2, 0) is 16.1 Å². The Morgan fingerprint density at radius 1 is 1.00 bits per heavy atom. The average Bonchev–Trinajstić information content (AvgIpc) is 2.55. The van der Waals surface area contributed by atoms with Gasteiger partial charge < -0.3 is 15.5 Å². The van der Waals surface area contributed by atoms with Crippen LogP contribution in [0.15, 0.2) is 48.5 Å². The van der Waals surface area contributed by atoms with Gasteiger partial charge >= 0.3 is 0 Å². The molecule has 2 aromatic rings. The van der Waals surface area contributed by atoms with E-state index in [-0.39, 0.29) is 18.4 Å². The molecule has 0 saturated carbocycles. The standard InChI is InChI=1S/C19H23N3O2/c1-14-8-4-5-9-16(14)12-20-17-10-6-7-11-18(17)21-19(24)13-22(3)15(2)23/h4-11,20H,12-13H2,1-3H3,(H,21,24). The first-order valence-corrected chi connectivity index (χ1v) is 7.86. The lowest BCUT2D eigenvalue weighted by molar-refractivity contribution is -0.131. The van der Waals surface area contributed by atoms with E-state index in [1.165, 1.54) is 23.0 Å². The number of aryl methyl sites for hydroxylation is 1. The minimum absolute atomic E-state index is 0.0292. The molecule has 0 aromatic heterocycles. The summed E-state index contributed by atoms with van der Waals surface area (Å²) in [6, 6.07) is 15.7. The molecule has 0 fully saturated rings. The molecular formula is C19H23N3O2. The third-order valence-corrected chi connectivity index (χ3v) is 3.85. The fraction of sp³-hybridized carbons (Fsp3) is 0.263. The van der Waals surface area contributed by atoms with Gasteiger partial charge in [-0.25, -0.2) is 0 Å². The summed E-state index contributed by atoms with van der Waals surface area (Å²) in [6.45, 7) is 4.21. The van der Waals surface area contributed by atoms with E-state index in [2.05, 4.69) is 29.7 Å². The van der Waals surface area contributed by atoms with E-state index in [1.807, 2.05) is 36.4 Å². The lowest BCUT2D eigenvalue weighted by Gasteiger charge is -2.17. The number of carbonyl (C=O) groups excluding carboxylic acids is 2. The lowest BCUT2D eigenvalue weighted by atomic mass is 10.1. The molecule has 2 rings (SSSR count). The lowest BCUT2D eigenvalue weighted by Crippen LogP contribution is -2.33. The number of nitrogens with one attached hydrogen (secondary N) is 2. The van der Waals surface area contributed by atoms with Crippen molar-refractivity contribution in [2.75, 3.05) is 24.2 Å². The zero-order chi connectivity index (χ0) is 17.5. The van der Waals surface area contributed by atoms with E-state index in [9.17, 15) is 9.59 Å². The van der Waals surface area contributed by atoms with Gasteiger partial charge in [-0.05, 0) is 30.2 Å². The summed E-state index contributed by atoms with van der Waals surface area (Å²) < 4.78 is 0. The first-order valence-electron chi connectivity index (χ1n) is 7.86. The Kier molecular flexibility index (Phi) is 5.95. The van der Waals surface area contributed by atoms with Crippen LogP contribution in [0.5, 0.6) is 0 Å². The van der Waals surface area contributed by atoms with E-state index >= 15 is 0 Å². The number of hydrogen-bond donors (Lipinski definition) is 2. The maximum absolute atomic E-state index is 12.1. The SMILES string of the molecule is CC(=O)N(C)CC(=O)Nc1ccccc1NCc1ccccc1C. The fourth-order valence-electron chi connectivity index (χ4n) is 2.26. The monoisotopic (exact) mass is 325 g/mol. The van der Waals surface area contributed by atoms with Crippen LogP contribution in [0.25, 0.3) is 0 Å². The second kappa shape index (κ2) is 8.15. The summed E-state index contributed by atoms with van der Waals surface area (Å²) in [5.74, 6) is -0.367. The third kappa shape index (κ3) is 4.84. The van der Waals surface area contributed by atoms with Gasteiger partial charge in [-0.2, -0.15) is 0 Å². The number of carbonyl (C=O) groups is 2. The van der Waals surface area contributed by atoms with Gasteiger partial charge in [-0.1, -0.05) is 36.4 Å². The van der Waals surface area contributed by atoms with Crippen molar-refractivity contribution < 1.29 is 9.59 Å². The predicted octanol–water partition coefficient (Wildman–Crippen LogP) is 3.02. The smallest absolute Gasteiger partial charge is 0.244 e. The van der Waals surface area contributed by atoms with Gasteiger partial charge in [0.15, 0.2) is 0 Å². The molecule has 0 aliphatic heterocycles. The molecule has 2 amide bonds. The van der Waals surface area contributed by atoms with Crippen molar-refractivity contribution >= 4 is 23.2 Å². The molecule has 0 atom stereocenters. The number of benzene rings is 2. The van der Waals surface area contributed by atoms with Gasteiger partial charge in [0.05, 0.1) is 17.9 Å². The van der Waals surface area contributed by atoms with E-state index in [4.69, 9.17) is 0 Å². The van der Waals surface area contributed by atoms with Crippen LogP contribution in [0.4, 0.5) is 11.4 Å². The van der Waals surface area contributed by atoms with Crippen LogP contribution in [0.1, 0.15) is 18.1 Å². The number of nitrogens with zero attached hydrogens (tertiary/aromatic N) is 1. The Labute approximate surface area is 142 Å². The highest BCUT2D eigenvalue weighted by atomic mass is 16.2. The number of likely N-dealkylation sites (N-methyl/N-ethyl adjacent to an activating group) is 1. The zero-order valence-electron chi connectivity index (χ0n) is 14.3. The van der Waals surface area contributed by atoms with Crippen LogP contribution in [0, 0.1) is 6.92 Å². The molecule has 2 N–H and O–H groups in total. The number of anilines is 2. The molecule has 0 bridgehead atoms. The van der Waals surface area contributed by atoms with E-state index in [1.54, 1.807) is 7.05 Å². The first kappa shape index (κ1) is 17.5. The van der Waals surface area contributed by atoms with Crippen LogP contribution in [-0.4, -0.2) is 30.3 Å². The van der Waals surface area contributed by atoms with Gasteiger partial charge in [0.2, 0.25) is 11.8 Å². The third-order valence-electron chi connectivity index (χ3n) is 3.85. The van der Waals surface area contributed by atoms with Gasteiger partial charge in [0.1, 0.15) is 0 Å². The molecule has 0 unspecified atom stereocenters. The fourth-order valence-corrected chi connectivity index (χ4v) is 2.26. The average molecular weight is 325 g/mol. The predicted molar refractivity (Wildman–Crippen MR) is 96.9 cm³/mol. The molecule has 5 heteroatoms. The molecule has 24 heavy (non-hydrogen) atoms. The summed E-state index contributed by atoms with van der Waals surface area (Å²) >= 11 is 0. The molecular weight excluding hydrogens is 302 g/mol.